The second-order valence-electron chi connectivity index (χ2n) is 11.2. The Balaban J connectivity index is 1.41. The highest BCUT2D eigenvalue weighted by atomic mass is 16.5. The molecular weight excluding hydrogens is 492 g/mol. The lowest BCUT2D eigenvalue weighted by Crippen LogP contribution is -2.38. The van der Waals surface area contributed by atoms with Crippen LogP contribution in [0.2, 0.25) is 0 Å². The topological polar surface area (TPSA) is 91.6 Å². The molecule has 1 aromatic carbocycles. The number of rotatable bonds is 15. The maximum Gasteiger partial charge on any atom is 0.223 e. The van der Waals surface area contributed by atoms with E-state index in [2.05, 4.69) is 25.1 Å². The summed E-state index contributed by atoms with van der Waals surface area (Å²) in [6.45, 7) is 5.00. The lowest BCUT2D eigenvalue weighted by molar-refractivity contribution is -0.133. The number of aliphatic hydroxyl groups is 1. The molecule has 0 unspecified atom stereocenters. The van der Waals surface area contributed by atoms with Gasteiger partial charge in [0.2, 0.25) is 5.91 Å². The summed E-state index contributed by atoms with van der Waals surface area (Å²) < 4.78 is 10.9. The lowest BCUT2D eigenvalue weighted by atomic mass is 9.89. The number of unbranched alkanes of at least 4 members (excludes halogenated alkanes) is 5. The fourth-order valence-electron chi connectivity index (χ4n) is 6.28. The highest BCUT2D eigenvalue weighted by Gasteiger charge is 2.32. The quantitative estimate of drug-likeness (QED) is 0.110. The number of aliphatic hydroxyl groups excluding tert-OH is 1. The van der Waals surface area contributed by atoms with Crippen LogP contribution in [0.15, 0.2) is 29.4 Å². The zero-order chi connectivity index (χ0) is 28.2. The SMILES string of the molecule is CCCCC[C@H](O)/C=C\[C@H]1CC/C(=N\O)[C@@H]1CCCCCCC(=O)N1CCc2cc(OC)c(OC)cc2[C@@H]1C. The second-order valence-corrected chi connectivity index (χ2v) is 11.2. The number of hydrogen-bond donors (Lipinski definition) is 2. The van der Waals surface area contributed by atoms with Crippen LogP contribution in [0.3, 0.4) is 0 Å². The fourth-order valence-corrected chi connectivity index (χ4v) is 6.28. The van der Waals surface area contributed by atoms with Crippen molar-refractivity contribution in [2.24, 2.45) is 17.0 Å². The van der Waals surface area contributed by atoms with E-state index in [1.807, 2.05) is 23.1 Å². The molecule has 39 heavy (non-hydrogen) atoms. The summed E-state index contributed by atoms with van der Waals surface area (Å²) in [6.07, 6.45) is 16.1. The first-order valence-corrected chi connectivity index (χ1v) is 15.0. The molecule has 218 valence electrons. The maximum atomic E-state index is 13.1. The normalized spacial score (nSPS) is 22.8. The number of carbonyl (C=O) groups is 1. The van der Waals surface area contributed by atoms with Crippen LogP contribution in [0.5, 0.6) is 11.5 Å². The third kappa shape index (κ3) is 8.47. The van der Waals surface area contributed by atoms with E-state index in [1.165, 1.54) is 5.56 Å². The first kappa shape index (κ1) is 31.0. The average Bonchev–Trinajstić information content (AvgIpc) is 3.34. The minimum Gasteiger partial charge on any atom is -0.493 e. The Morgan fingerprint density at radius 2 is 1.85 bits per heavy atom. The van der Waals surface area contributed by atoms with E-state index in [0.29, 0.717) is 18.1 Å². The minimum atomic E-state index is -0.384. The number of allylic oxidation sites excluding steroid dienone is 1. The Labute approximate surface area is 235 Å². The Kier molecular flexibility index (Phi) is 12.6. The van der Waals surface area contributed by atoms with Crippen molar-refractivity contribution < 1.29 is 24.6 Å². The van der Waals surface area contributed by atoms with Crippen LogP contribution >= 0.6 is 0 Å². The van der Waals surface area contributed by atoms with Crippen molar-refractivity contribution in [2.45, 2.75) is 109 Å². The molecule has 3 rings (SSSR count). The predicted octanol–water partition coefficient (Wildman–Crippen LogP) is 6.84. The zero-order valence-electron chi connectivity index (χ0n) is 24.5. The standard InChI is InChI=1S/C32H50N2O5/c1-5-6-9-12-26(35)17-15-24-16-18-29(33-37)27(24)13-10-7-8-11-14-32(36)34-20-19-25-21-30(38-3)31(39-4)22-28(25)23(34)2/h15,17,21-24,26-27,35,37H,5-14,16,18-20H2,1-4H3/b17-15-,33-29+/t23-,24-,26-,27+/m0/s1. The van der Waals surface area contributed by atoms with E-state index < -0.39 is 0 Å². The number of nitrogens with zero attached hydrogens (tertiary/aromatic N) is 2. The monoisotopic (exact) mass is 542 g/mol. The molecule has 4 atom stereocenters. The van der Waals surface area contributed by atoms with Crippen LogP contribution in [0.4, 0.5) is 0 Å². The molecule has 1 fully saturated rings. The number of carbonyl (C=O) groups excluding carboxylic acids is 1. The predicted molar refractivity (Wildman–Crippen MR) is 156 cm³/mol. The molecule has 1 aromatic rings. The van der Waals surface area contributed by atoms with Gasteiger partial charge in [-0.25, -0.2) is 0 Å². The van der Waals surface area contributed by atoms with Crippen molar-refractivity contribution >= 4 is 11.6 Å². The summed E-state index contributed by atoms with van der Waals surface area (Å²) in [5.74, 6) is 2.24. The van der Waals surface area contributed by atoms with E-state index in [4.69, 9.17) is 9.47 Å². The van der Waals surface area contributed by atoms with Crippen molar-refractivity contribution in [1.82, 2.24) is 4.90 Å². The largest absolute Gasteiger partial charge is 0.493 e. The molecule has 7 nitrogen and oxygen atoms in total. The molecule has 0 bridgehead atoms. The van der Waals surface area contributed by atoms with Gasteiger partial charge in [0.1, 0.15) is 0 Å². The number of benzene rings is 1. The average molecular weight is 543 g/mol. The lowest BCUT2D eigenvalue weighted by Gasteiger charge is -2.36. The molecule has 1 aliphatic heterocycles. The van der Waals surface area contributed by atoms with E-state index in [1.54, 1.807) is 14.2 Å². The summed E-state index contributed by atoms with van der Waals surface area (Å²) in [6, 6.07) is 4.08. The van der Waals surface area contributed by atoms with Gasteiger partial charge in [-0.05, 0) is 74.6 Å². The number of amides is 1. The number of oxime groups is 1. The van der Waals surface area contributed by atoms with Gasteiger partial charge >= 0.3 is 0 Å². The van der Waals surface area contributed by atoms with Gasteiger partial charge in [-0.3, -0.25) is 4.79 Å². The molecule has 2 N–H and O–H groups in total. The first-order chi connectivity index (χ1) is 18.9. The summed E-state index contributed by atoms with van der Waals surface area (Å²) in [7, 11) is 3.29. The summed E-state index contributed by atoms with van der Waals surface area (Å²) in [4.78, 5) is 15.1. The minimum absolute atomic E-state index is 0.0229. The van der Waals surface area contributed by atoms with Gasteiger partial charge in [0.15, 0.2) is 11.5 Å². The Hall–Kier alpha value is -2.54. The smallest absolute Gasteiger partial charge is 0.223 e. The van der Waals surface area contributed by atoms with E-state index >= 15 is 0 Å². The Morgan fingerprint density at radius 1 is 1.10 bits per heavy atom. The van der Waals surface area contributed by atoms with Crippen LogP contribution in [0.25, 0.3) is 0 Å². The summed E-state index contributed by atoms with van der Waals surface area (Å²) in [5, 5.41) is 23.4. The molecule has 0 spiro atoms. The number of ether oxygens (including phenoxy) is 2. The fraction of sp³-hybridized carbons (Fsp3) is 0.688. The van der Waals surface area contributed by atoms with Gasteiger partial charge in [0, 0.05) is 18.9 Å². The van der Waals surface area contributed by atoms with E-state index in [-0.39, 0.29) is 24.0 Å². The number of methoxy groups -OCH3 is 2. The molecular formula is C32H50N2O5. The summed E-state index contributed by atoms with van der Waals surface area (Å²) in [5.41, 5.74) is 3.26. The zero-order valence-corrected chi connectivity index (χ0v) is 24.5. The highest BCUT2D eigenvalue weighted by molar-refractivity contribution is 5.88. The van der Waals surface area contributed by atoms with Crippen molar-refractivity contribution in [3.8, 4) is 11.5 Å². The molecule has 0 radical (unpaired) electrons. The molecule has 1 amide bonds. The van der Waals surface area contributed by atoms with Gasteiger partial charge in [0.05, 0.1) is 32.1 Å². The molecule has 1 heterocycles. The van der Waals surface area contributed by atoms with Crippen molar-refractivity contribution in [3.05, 3.63) is 35.4 Å². The Morgan fingerprint density at radius 3 is 2.56 bits per heavy atom. The molecule has 0 saturated heterocycles. The second kappa shape index (κ2) is 15.9. The van der Waals surface area contributed by atoms with Crippen LogP contribution in [0.1, 0.15) is 108 Å². The third-order valence-corrected chi connectivity index (χ3v) is 8.65. The molecule has 1 saturated carbocycles. The van der Waals surface area contributed by atoms with Gasteiger partial charge in [0.25, 0.3) is 0 Å². The molecule has 0 aromatic heterocycles. The van der Waals surface area contributed by atoms with E-state index in [0.717, 1.165) is 101 Å². The first-order valence-electron chi connectivity index (χ1n) is 15.0. The van der Waals surface area contributed by atoms with Gasteiger partial charge in [-0.1, -0.05) is 62.8 Å². The van der Waals surface area contributed by atoms with Crippen molar-refractivity contribution in [2.75, 3.05) is 20.8 Å². The van der Waals surface area contributed by atoms with Crippen LogP contribution < -0.4 is 9.47 Å². The molecule has 7 heteroatoms. The Bertz CT molecular complexity index is 976. The van der Waals surface area contributed by atoms with Crippen LogP contribution in [-0.2, 0) is 11.2 Å². The highest BCUT2D eigenvalue weighted by Crippen LogP contribution is 2.38. The van der Waals surface area contributed by atoms with Crippen molar-refractivity contribution in [1.29, 1.82) is 0 Å². The van der Waals surface area contributed by atoms with Crippen molar-refractivity contribution in [3.63, 3.8) is 0 Å². The van der Waals surface area contributed by atoms with Crippen LogP contribution in [-0.4, -0.2) is 53.7 Å². The number of hydrogen-bond acceptors (Lipinski definition) is 6. The van der Waals surface area contributed by atoms with Gasteiger partial charge in [-0.15, -0.1) is 0 Å². The van der Waals surface area contributed by atoms with E-state index in [9.17, 15) is 15.1 Å². The van der Waals surface area contributed by atoms with Gasteiger partial charge in [-0.2, -0.15) is 0 Å². The molecule has 1 aliphatic carbocycles. The van der Waals surface area contributed by atoms with Crippen LogP contribution in [0, 0.1) is 11.8 Å². The van der Waals surface area contributed by atoms with Gasteiger partial charge < -0.3 is 24.7 Å². The maximum absolute atomic E-state index is 13.1. The third-order valence-electron chi connectivity index (χ3n) is 8.65. The summed E-state index contributed by atoms with van der Waals surface area (Å²) >= 11 is 0. The molecule has 2 aliphatic rings. The number of fused-ring (bicyclic) bond motifs is 1.